The SMILES string of the molecule is CCCN(C)C(=O)CC(C)(C)N. The van der Waals surface area contributed by atoms with Crippen molar-refractivity contribution in [2.24, 2.45) is 5.73 Å². The summed E-state index contributed by atoms with van der Waals surface area (Å²) in [6, 6.07) is 0. The van der Waals surface area contributed by atoms with Gasteiger partial charge in [0, 0.05) is 25.6 Å². The number of rotatable bonds is 4. The fourth-order valence-corrected chi connectivity index (χ4v) is 0.985. The zero-order chi connectivity index (χ0) is 9.78. The standard InChI is InChI=1S/C9H20N2O/c1-5-6-11(4)8(12)7-9(2,3)10/h5-7,10H2,1-4H3. The van der Waals surface area contributed by atoms with Crippen LogP contribution in [0.1, 0.15) is 33.6 Å². The van der Waals surface area contributed by atoms with Gasteiger partial charge in [-0.1, -0.05) is 6.92 Å². The molecule has 0 aromatic rings. The highest BCUT2D eigenvalue weighted by molar-refractivity contribution is 5.76. The molecular formula is C9H20N2O. The summed E-state index contributed by atoms with van der Waals surface area (Å²) in [5.41, 5.74) is 5.33. The van der Waals surface area contributed by atoms with Gasteiger partial charge in [0.1, 0.15) is 0 Å². The molecule has 0 heterocycles. The molecule has 0 atom stereocenters. The van der Waals surface area contributed by atoms with Crippen LogP contribution in [-0.4, -0.2) is 29.9 Å². The zero-order valence-corrected chi connectivity index (χ0v) is 8.55. The first-order chi connectivity index (χ1) is 5.37. The van der Waals surface area contributed by atoms with Gasteiger partial charge < -0.3 is 10.6 Å². The van der Waals surface area contributed by atoms with Crippen LogP contribution in [0.3, 0.4) is 0 Å². The number of carbonyl (C=O) groups excluding carboxylic acids is 1. The Bertz CT molecular complexity index is 149. The molecule has 3 nitrogen and oxygen atoms in total. The lowest BCUT2D eigenvalue weighted by molar-refractivity contribution is -0.130. The molecule has 0 aliphatic rings. The van der Waals surface area contributed by atoms with E-state index in [1.54, 1.807) is 4.90 Å². The molecule has 0 spiro atoms. The van der Waals surface area contributed by atoms with Gasteiger partial charge >= 0.3 is 0 Å². The lowest BCUT2D eigenvalue weighted by Gasteiger charge is -2.22. The van der Waals surface area contributed by atoms with Crippen molar-refractivity contribution in [3.05, 3.63) is 0 Å². The number of carbonyl (C=O) groups is 1. The molecule has 2 N–H and O–H groups in total. The fraction of sp³-hybridized carbons (Fsp3) is 0.889. The summed E-state index contributed by atoms with van der Waals surface area (Å²) >= 11 is 0. The van der Waals surface area contributed by atoms with Crippen LogP contribution in [0.25, 0.3) is 0 Å². The second kappa shape index (κ2) is 4.45. The smallest absolute Gasteiger partial charge is 0.224 e. The maximum atomic E-state index is 11.4. The topological polar surface area (TPSA) is 46.3 Å². The Morgan fingerprint density at radius 3 is 2.33 bits per heavy atom. The van der Waals surface area contributed by atoms with Gasteiger partial charge in [-0.2, -0.15) is 0 Å². The molecule has 0 fully saturated rings. The van der Waals surface area contributed by atoms with E-state index in [2.05, 4.69) is 6.92 Å². The number of hydrogen-bond acceptors (Lipinski definition) is 2. The minimum atomic E-state index is -0.390. The molecule has 0 aromatic carbocycles. The number of nitrogens with two attached hydrogens (primary N) is 1. The van der Waals surface area contributed by atoms with Crippen molar-refractivity contribution in [2.45, 2.75) is 39.2 Å². The molecule has 72 valence electrons. The van der Waals surface area contributed by atoms with Crippen molar-refractivity contribution < 1.29 is 4.79 Å². The predicted molar refractivity (Wildman–Crippen MR) is 50.8 cm³/mol. The molecule has 0 saturated heterocycles. The third kappa shape index (κ3) is 5.13. The first-order valence-electron chi connectivity index (χ1n) is 4.39. The van der Waals surface area contributed by atoms with E-state index in [0.29, 0.717) is 6.42 Å². The molecule has 0 saturated carbocycles. The summed E-state index contributed by atoms with van der Waals surface area (Å²) in [6.07, 6.45) is 1.41. The number of amides is 1. The molecule has 12 heavy (non-hydrogen) atoms. The van der Waals surface area contributed by atoms with Gasteiger partial charge in [0.15, 0.2) is 0 Å². The summed E-state index contributed by atoms with van der Waals surface area (Å²) in [7, 11) is 1.82. The molecule has 1 amide bonds. The molecule has 0 aromatic heterocycles. The van der Waals surface area contributed by atoms with Gasteiger partial charge in [-0.15, -0.1) is 0 Å². The van der Waals surface area contributed by atoms with E-state index >= 15 is 0 Å². The Labute approximate surface area is 74.9 Å². The van der Waals surface area contributed by atoms with Crippen molar-refractivity contribution in [3.8, 4) is 0 Å². The average Bonchev–Trinajstić information content (AvgIpc) is 1.84. The van der Waals surface area contributed by atoms with Gasteiger partial charge in [-0.25, -0.2) is 0 Å². The number of nitrogens with zero attached hydrogens (tertiary/aromatic N) is 1. The Kier molecular flexibility index (Phi) is 4.24. The largest absolute Gasteiger partial charge is 0.346 e. The van der Waals surface area contributed by atoms with Gasteiger partial charge in [0.05, 0.1) is 0 Å². The van der Waals surface area contributed by atoms with Crippen molar-refractivity contribution in [3.63, 3.8) is 0 Å². The predicted octanol–water partition coefficient (Wildman–Crippen LogP) is 0.982. The minimum absolute atomic E-state index is 0.129. The summed E-state index contributed by atoms with van der Waals surface area (Å²) in [5.74, 6) is 0.129. The molecule has 0 aliphatic heterocycles. The average molecular weight is 172 g/mol. The summed E-state index contributed by atoms with van der Waals surface area (Å²) in [4.78, 5) is 13.1. The van der Waals surface area contributed by atoms with Crippen LogP contribution in [0.5, 0.6) is 0 Å². The Morgan fingerprint density at radius 2 is 2.00 bits per heavy atom. The molecule has 0 unspecified atom stereocenters. The van der Waals surface area contributed by atoms with E-state index < -0.39 is 0 Å². The van der Waals surface area contributed by atoms with E-state index in [4.69, 9.17) is 5.73 Å². The zero-order valence-electron chi connectivity index (χ0n) is 8.55. The Morgan fingerprint density at radius 1 is 1.50 bits per heavy atom. The molecule has 0 radical (unpaired) electrons. The highest BCUT2D eigenvalue weighted by Crippen LogP contribution is 2.05. The second-order valence-corrected chi connectivity index (χ2v) is 3.98. The maximum absolute atomic E-state index is 11.4. The Hall–Kier alpha value is -0.570. The van der Waals surface area contributed by atoms with Crippen molar-refractivity contribution in [2.75, 3.05) is 13.6 Å². The van der Waals surface area contributed by atoms with Crippen molar-refractivity contribution in [1.29, 1.82) is 0 Å². The van der Waals surface area contributed by atoms with Crippen LogP contribution in [0.15, 0.2) is 0 Å². The maximum Gasteiger partial charge on any atom is 0.224 e. The van der Waals surface area contributed by atoms with E-state index in [0.717, 1.165) is 13.0 Å². The quantitative estimate of drug-likeness (QED) is 0.687. The molecule has 0 rings (SSSR count). The summed E-state index contributed by atoms with van der Waals surface area (Å²) < 4.78 is 0. The van der Waals surface area contributed by atoms with Gasteiger partial charge in [-0.05, 0) is 20.3 Å². The molecule has 0 bridgehead atoms. The van der Waals surface area contributed by atoms with Crippen molar-refractivity contribution in [1.82, 2.24) is 4.90 Å². The second-order valence-electron chi connectivity index (χ2n) is 3.98. The van der Waals surface area contributed by atoms with E-state index in [9.17, 15) is 4.79 Å². The van der Waals surface area contributed by atoms with E-state index in [-0.39, 0.29) is 11.4 Å². The van der Waals surface area contributed by atoms with E-state index in [1.165, 1.54) is 0 Å². The minimum Gasteiger partial charge on any atom is -0.346 e. The van der Waals surface area contributed by atoms with Gasteiger partial charge in [-0.3, -0.25) is 4.79 Å². The lowest BCUT2D eigenvalue weighted by atomic mass is 10.0. The third-order valence-electron chi connectivity index (χ3n) is 1.59. The molecule has 3 heteroatoms. The fourth-order valence-electron chi connectivity index (χ4n) is 0.985. The van der Waals surface area contributed by atoms with Crippen LogP contribution in [-0.2, 0) is 4.79 Å². The molecule has 0 aliphatic carbocycles. The summed E-state index contributed by atoms with van der Waals surface area (Å²) in [5, 5.41) is 0. The number of hydrogen-bond donors (Lipinski definition) is 1. The van der Waals surface area contributed by atoms with Crippen LogP contribution in [0.4, 0.5) is 0 Å². The first-order valence-corrected chi connectivity index (χ1v) is 4.39. The lowest BCUT2D eigenvalue weighted by Crippen LogP contribution is -2.40. The normalized spacial score (nSPS) is 11.4. The van der Waals surface area contributed by atoms with Crippen LogP contribution >= 0.6 is 0 Å². The van der Waals surface area contributed by atoms with Crippen LogP contribution in [0.2, 0.25) is 0 Å². The van der Waals surface area contributed by atoms with Crippen LogP contribution in [0, 0.1) is 0 Å². The van der Waals surface area contributed by atoms with Crippen LogP contribution < -0.4 is 5.73 Å². The molecular weight excluding hydrogens is 152 g/mol. The van der Waals surface area contributed by atoms with Gasteiger partial charge in [0.25, 0.3) is 0 Å². The van der Waals surface area contributed by atoms with E-state index in [1.807, 2.05) is 20.9 Å². The van der Waals surface area contributed by atoms with Gasteiger partial charge in [0.2, 0.25) is 5.91 Å². The highest BCUT2D eigenvalue weighted by Gasteiger charge is 2.18. The monoisotopic (exact) mass is 172 g/mol. The van der Waals surface area contributed by atoms with Crippen molar-refractivity contribution >= 4 is 5.91 Å². The first kappa shape index (κ1) is 11.4. The Balaban J connectivity index is 3.87. The summed E-state index contributed by atoms with van der Waals surface area (Å²) in [6.45, 7) is 6.60. The third-order valence-corrected chi connectivity index (χ3v) is 1.59. The highest BCUT2D eigenvalue weighted by atomic mass is 16.2.